The van der Waals surface area contributed by atoms with Crippen LogP contribution in [0, 0.1) is 0 Å². The van der Waals surface area contributed by atoms with Crippen LogP contribution in [0.25, 0.3) is 5.70 Å². The van der Waals surface area contributed by atoms with E-state index in [0.29, 0.717) is 6.04 Å². The molecular weight excluding hydrogens is 296 g/mol. The van der Waals surface area contributed by atoms with E-state index in [-0.39, 0.29) is 6.17 Å². The molecule has 1 atom stereocenters. The van der Waals surface area contributed by atoms with Gasteiger partial charge < -0.3 is 10.2 Å². The first-order valence-corrected chi connectivity index (χ1v) is 8.29. The maximum absolute atomic E-state index is 4.72. The number of nitrogens with zero attached hydrogens (tertiary/aromatic N) is 5. The molecule has 4 heterocycles. The number of rotatable bonds is 2. The summed E-state index contributed by atoms with van der Waals surface area (Å²) in [6.45, 7) is 3.93. The fourth-order valence-corrected chi connectivity index (χ4v) is 3.47. The Bertz CT molecular complexity index is 681. The molecule has 114 valence electrons. The SMILES string of the molecule is CNC1CN(C2=NC=C(c3cccs3)N3C=NC(C)N=C23)C1. The molecule has 3 aliphatic rings. The first kappa shape index (κ1) is 13.7. The molecular formula is C15H18N6S. The predicted molar refractivity (Wildman–Crippen MR) is 91.4 cm³/mol. The Kier molecular flexibility index (Phi) is 3.31. The van der Waals surface area contributed by atoms with Crippen LogP contribution >= 0.6 is 11.3 Å². The lowest BCUT2D eigenvalue weighted by Crippen LogP contribution is -2.62. The maximum atomic E-state index is 4.72. The van der Waals surface area contributed by atoms with Gasteiger partial charge in [-0.1, -0.05) is 6.07 Å². The zero-order chi connectivity index (χ0) is 15.1. The van der Waals surface area contributed by atoms with Crippen molar-refractivity contribution in [3.8, 4) is 0 Å². The van der Waals surface area contributed by atoms with Crippen molar-refractivity contribution in [1.29, 1.82) is 0 Å². The molecule has 0 aliphatic carbocycles. The fourth-order valence-electron chi connectivity index (χ4n) is 2.74. The average Bonchev–Trinajstić information content (AvgIpc) is 3.00. The maximum Gasteiger partial charge on any atom is 0.179 e. The van der Waals surface area contributed by atoms with E-state index in [2.05, 4.69) is 31.6 Å². The normalized spacial score (nSPS) is 24.5. The fraction of sp³-hybridized carbons (Fsp3) is 0.400. The second kappa shape index (κ2) is 5.33. The molecule has 0 radical (unpaired) electrons. The van der Waals surface area contributed by atoms with Crippen molar-refractivity contribution < 1.29 is 0 Å². The number of likely N-dealkylation sites (N-methyl/N-ethyl adjacent to an activating group) is 1. The molecule has 22 heavy (non-hydrogen) atoms. The van der Waals surface area contributed by atoms with Gasteiger partial charge in [-0.2, -0.15) is 0 Å². The van der Waals surface area contributed by atoms with Gasteiger partial charge in [0.25, 0.3) is 0 Å². The summed E-state index contributed by atoms with van der Waals surface area (Å²) in [5, 5.41) is 5.36. The van der Waals surface area contributed by atoms with Crippen LogP contribution in [0.4, 0.5) is 0 Å². The third-order valence-corrected chi connectivity index (χ3v) is 4.96. The molecule has 1 aromatic rings. The Morgan fingerprint density at radius 3 is 2.91 bits per heavy atom. The van der Waals surface area contributed by atoms with Crippen molar-refractivity contribution in [3.05, 3.63) is 28.6 Å². The Hall–Kier alpha value is -1.99. The van der Waals surface area contributed by atoms with E-state index in [1.165, 1.54) is 4.88 Å². The van der Waals surface area contributed by atoms with E-state index in [9.17, 15) is 0 Å². The van der Waals surface area contributed by atoms with Gasteiger partial charge in [-0.15, -0.1) is 11.3 Å². The number of hydrogen-bond donors (Lipinski definition) is 1. The summed E-state index contributed by atoms with van der Waals surface area (Å²) in [7, 11) is 2.00. The second-order valence-corrected chi connectivity index (χ2v) is 6.50. The summed E-state index contributed by atoms with van der Waals surface area (Å²) in [5.41, 5.74) is 1.04. The Morgan fingerprint density at radius 1 is 1.32 bits per heavy atom. The van der Waals surface area contributed by atoms with Crippen LogP contribution in [0.3, 0.4) is 0 Å². The molecule has 1 unspecified atom stereocenters. The Morgan fingerprint density at radius 2 is 2.18 bits per heavy atom. The summed E-state index contributed by atoms with van der Waals surface area (Å²) in [5.74, 6) is 1.85. The van der Waals surface area contributed by atoms with Gasteiger partial charge in [0.15, 0.2) is 11.7 Å². The summed E-state index contributed by atoms with van der Waals surface area (Å²) in [6.07, 6.45) is 3.75. The zero-order valence-corrected chi connectivity index (χ0v) is 13.4. The number of nitrogens with one attached hydrogen (secondary N) is 1. The van der Waals surface area contributed by atoms with Crippen LogP contribution in [0.15, 0.2) is 38.7 Å². The van der Waals surface area contributed by atoms with Crippen LogP contribution in [0.1, 0.15) is 11.8 Å². The lowest BCUT2D eigenvalue weighted by molar-refractivity contribution is 0.227. The standard InChI is InChI=1S/C15H18N6S/c1-10-18-9-21-12(13-4-3-5-22-13)6-17-14(15(21)19-10)20-7-11(8-20)16-2/h3-6,9-11,16H,7-8H2,1-2H3. The highest BCUT2D eigenvalue weighted by atomic mass is 32.1. The zero-order valence-electron chi connectivity index (χ0n) is 12.6. The molecule has 3 aliphatic heterocycles. The first-order valence-electron chi connectivity index (χ1n) is 7.41. The van der Waals surface area contributed by atoms with E-state index < -0.39 is 0 Å². The molecule has 1 aromatic heterocycles. The molecule has 7 heteroatoms. The molecule has 4 rings (SSSR count). The highest BCUT2D eigenvalue weighted by molar-refractivity contribution is 7.11. The van der Waals surface area contributed by atoms with Crippen LogP contribution in [0.2, 0.25) is 0 Å². The van der Waals surface area contributed by atoms with Gasteiger partial charge in [-0.25, -0.2) is 15.0 Å². The highest BCUT2D eigenvalue weighted by Crippen LogP contribution is 2.29. The molecule has 6 nitrogen and oxygen atoms in total. The van der Waals surface area contributed by atoms with Gasteiger partial charge in [0.2, 0.25) is 0 Å². The van der Waals surface area contributed by atoms with E-state index in [1.54, 1.807) is 11.3 Å². The third kappa shape index (κ3) is 2.17. The average molecular weight is 314 g/mol. The number of fused-ring (bicyclic) bond motifs is 1. The molecule has 0 aromatic carbocycles. The van der Waals surface area contributed by atoms with E-state index in [1.807, 2.05) is 32.6 Å². The van der Waals surface area contributed by atoms with E-state index in [0.717, 1.165) is 30.5 Å². The number of thiophene rings is 1. The summed E-state index contributed by atoms with van der Waals surface area (Å²) >= 11 is 1.70. The van der Waals surface area contributed by atoms with Crippen LogP contribution in [-0.4, -0.2) is 60.2 Å². The van der Waals surface area contributed by atoms with Crippen LogP contribution in [0.5, 0.6) is 0 Å². The van der Waals surface area contributed by atoms with Crippen molar-refractivity contribution in [1.82, 2.24) is 15.1 Å². The minimum absolute atomic E-state index is 0.0551. The molecule has 0 amide bonds. The topological polar surface area (TPSA) is 55.6 Å². The largest absolute Gasteiger partial charge is 0.350 e. The summed E-state index contributed by atoms with van der Waals surface area (Å²) in [4.78, 5) is 19.3. The minimum Gasteiger partial charge on any atom is -0.350 e. The summed E-state index contributed by atoms with van der Waals surface area (Å²) in [6, 6.07) is 4.68. The third-order valence-electron chi connectivity index (χ3n) is 4.07. The van der Waals surface area contributed by atoms with Gasteiger partial charge in [0.05, 0.1) is 23.1 Å². The molecule has 1 fully saturated rings. The van der Waals surface area contributed by atoms with Crippen LogP contribution in [-0.2, 0) is 0 Å². The number of aliphatic imine (C=N–C) groups is 3. The first-order chi connectivity index (χ1) is 10.8. The van der Waals surface area contributed by atoms with E-state index in [4.69, 9.17) is 9.98 Å². The van der Waals surface area contributed by atoms with Gasteiger partial charge in [0, 0.05) is 19.1 Å². The van der Waals surface area contributed by atoms with E-state index >= 15 is 0 Å². The van der Waals surface area contributed by atoms with Gasteiger partial charge in [-0.05, 0) is 25.4 Å². The minimum atomic E-state index is -0.0551. The monoisotopic (exact) mass is 314 g/mol. The van der Waals surface area contributed by atoms with Crippen molar-refractivity contribution >= 4 is 35.0 Å². The van der Waals surface area contributed by atoms with Crippen molar-refractivity contribution in [2.24, 2.45) is 15.0 Å². The van der Waals surface area contributed by atoms with Crippen molar-refractivity contribution in [3.63, 3.8) is 0 Å². The van der Waals surface area contributed by atoms with Crippen molar-refractivity contribution in [2.45, 2.75) is 19.1 Å². The number of amidine groups is 2. The second-order valence-electron chi connectivity index (χ2n) is 5.55. The molecule has 0 saturated carbocycles. The van der Waals surface area contributed by atoms with Crippen LogP contribution < -0.4 is 5.32 Å². The molecule has 0 bridgehead atoms. The van der Waals surface area contributed by atoms with Crippen molar-refractivity contribution in [2.75, 3.05) is 20.1 Å². The lowest BCUT2D eigenvalue weighted by Gasteiger charge is -2.43. The van der Waals surface area contributed by atoms with Gasteiger partial charge in [-0.3, -0.25) is 4.90 Å². The number of hydrogen-bond acceptors (Lipinski definition) is 7. The molecule has 1 N–H and O–H groups in total. The Balaban J connectivity index is 1.70. The highest BCUT2D eigenvalue weighted by Gasteiger charge is 2.36. The molecule has 1 saturated heterocycles. The quantitative estimate of drug-likeness (QED) is 0.899. The molecule has 0 spiro atoms. The van der Waals surface area contributed by atoms with Gasteiger partial charge >= 0.3 is 0 Å². The van der Waals surface area contributed by atoms with Gasteiger partial charge in [0.1, 0.15) is 6.17 Å². The summed E-state index contributed by atoms with van der Waals surface area (Å²) < 4.78 is 0. The lowest BCUT2D eigenvalue weighted by atomic mass is 10.1. The predicted octanol–water partition coefficient (Wildman–Crippen LogP) is 1.45. The Labute approximate surface area is 133 Å². The smallest absolute Gasteiger partial charge is 0.179 e. The number of likely N-dealkylation sites (tertiary alicyclic amines) is 1.